The molecular formula is C20H31N2NaO11S. The standard InChI is InChI=1S/C20H22N2O7S.Na.4H2O.H/c1-20(2,3)19(26)29-13-8-10-14(11-9-13)30(27,28)22-16-7-5-4-6-15(16)18(25)21-12-17(23)24;;;;;;/h4-11,22H,12H2,1-3H3,(H,21,25)(H,23,24);;4*1H2;/q;+1;;;;;-1. The van der Waals surface area contributed by atoms with E-state index in [-0.39, 0.29) is 74.8 Å². The molecule has 0 aliphatic heterocycles. The fourth-order valence-corrected chi connectivity index (χ4v) is 3.25. The summed E-state index contributed by atoms with van der Waals surface area (Å²) in [6.07, 6.45) is 0. The first-order valence-corrected chi connectivity index (χ1v) is 10.3. The van der Waals surface area contributed by atoms with E-state index in [2.05, 4.69) is 10.0 Å². The number of para-hydroxylation sites is 1. The second kappa shape index (κ2) is 16.2. The number of amides is 1. The van der Waals surface area contributed by atoms with Crippen LogP contribution < -0.4 is 44.3 Å². The number of esters is 1. The first kappa shape index (κ1) is 39.6. The van der Waals surface area contributed by atoms with Gasteiger partial charge in [-0.2, -0.15) is 0 Å². The maximum atomic E-state index is 12.7. The molecule has 194 valence electrons. The molecule has 13 nitrogen and oxygen atoms in total. The summed E-state index contributed by atoms with van der Waals surface area (Å²) in [5.74, 6) is -2.23. The second-order valence-electron chi connectivity index (χ2n) is 7.34. The van der Waals surface area contributed by atoms with E-state index >= 15 is 0 Å². The number of sulfonamides is 1. The van der Waals surface area contributed by atoms with Gasteiger partial charge in [-0.3, -0.25) is 19.1 Å². The minimum Gasteiger partial charge on any atom is -1.00 e. The summed E-state index contributed by atoms with van der Waals surface area (Å²) >= 11 is 0. The van der Waals surface area contributed by atoms with Gasteiger partial charge in [-0.05, 0) is 57.2 Å². The van der Waals surface area contributed by atoms with Gasteiger partial charge in [0, 0.05) is 0 Å². The van der Waals surface area contributed by atoms with Gasteiger partial charge in [0.15, 0.2) is 0 Å². The average molecular weight is 531 g/mol. The molecule has 0 aliphatic carbocycles. The third-order valence-corrected chi connectivity index (χ3v) is 5.15. The van der Waals surface area contributed by atoms with Crippen LogP contribution in [0.1, 0.15) is 32.6 Å². The van der Waals surface area contributed by atoms with E-state index in [1.54, 1.807) is 20.8 Å². The van der Waals surface area contributed by atoms with E-state index in [1.165, 1.54) is 48.5 Å². The van der Waals surface area contributed by atoms with Crippen molar-refractivity contribution in [2.24, 2.45) is 5.41 Å². The number of carboxylic acids is 1. The van der Waals surface area contributed by atoms with E-state index < -0.39 is 39.8 Å². The van der Waals surface area contributed by atoms with Crippen LogP contribution in [0.3, 0.4) is 0 Å². The van der Waals surface area contributed by atoms with E-state index in [0.29, 0.717) is 0 Å². The Labute approximate surface area is 225 Å². The van der Waals surface area contributed by atoms with Gasteiger partial charge in [0.1, 0.15) is 12.3 Å². The molecule has 15 heteroatoms. The Kier molecular flexibility index (Phi) is 18.3. The molecule has 35 heavy (non-hydrogen) atoms. The Morgan fingerprint density at radius 2 is 1.46 bits per heavy atom. The number of ether oxygens (including phenoxy) is 1. The summed E-state index contributed by atoms with van der Waals surface area (Å²) in [5.41, 5.74) is -0.751. The molecule has 0 aliphatic rings. The molecule has 2 rings (SSSR count). The third-order valence-electron chi connectivity index (χ3n) is 3.77. The summed E-state index contributed by atoms with van der Waals surface area (Å²) in [7, 11) is -4.06. The fraction of sp³-hybridized carbons (Fsp3) is 0.250. The Morgan fingerprint density at radius 1 is 0.943 bits per heavy atom. The number of carboxylic acid groups (broad SMARTS) is 1. The summed E-state index contributed by atoms with van der Waals surface area (Å²) in [6.45, 7) is 4.49. The maximum absolute atomic E-state index is 12.7. The topological polar surface area (TPSA) is 265 Å². The van der Waals surface area contributed by atoms with Gasteiger partial charge in [-0.25, -0.2) is 8.42 Å². The largest absolute Gasteiger partial charge is 1.00 e. The molecule has 0 bridgehead atoms. The summed E-state index contributed by atoms with van der Waals surface area (Å²) < 4.78 is 32.9. The predicted molar refractivity (Wildman–Crippen MR) is 124 cm³/mol. The van der Waals surface area contributed by atoms with Gasteiger partial charge in [-0.1, -0.05) is 12.1 Å². The van der Waals surface area contributed by atoms with Crippen molar-refractivity contribution >= 4 is 33.6 Å². The van der Waals surface area contributed by atoms with Gasteiger partial charge in [0.25, 0.3) is 15.9 Å². The van der Waals surface area contributed by atoms with Crippen LogP contribution in [0, 0.1) is 5.41 Å². The average Bonchev–Trinajstić information content (AvgIpc) is 2.66. The van der Waals surface area contributed by atoms with Crippen LogP contribution in [0.4, 0.5) is 5.69 Å². The van der Waals surface area contributed by atoms with Crippen molar-refractivity contribution in [3.05, 3.63) is 54.1 Å². The van der Waals surface area contributed by atoms with Gasteiger partial charge >= 0.3 is 41.5 Å². The van der Waals surface area contributed by atoms with E-state index in [1.807, 2.05) is 0 Å². The van der Waals surface area contributed by atoms with Gasteiger partial charge in [-0.15, -0.1) is 0 Å². The zero-order valence-electron chi connectivity index (χ0n) is 20.6. The fourth-order valence-electron chi connectivity index (χ4n) is 2.17. The number of hydrogen-bond acceptors (Lipinski definition) is 6. The number of hydrogen-bond donors (Lipinski definition) is 3. The van der Waals surface area contributed by atoms with Crippen LogP contribution in [0.5, 0.6) is 5.75 Å². The Balaban J connectivity index is -0.000000534. The van der Waals surface area contributed by atoms with Crippen LogP contribution in [0.15, 0.2) is 53.4 Å². The first-order valence-electron chi connectivity index (χ1n) is 8.84. The molecule has 0 atom stereocenters. The predicted octanol–water partition coefficient (Wildman–Crippen LogP) is -3.93. The molecule has 0 heterocycles. The number of nitrogens with one attached hydrogen (secondary N) is 2. The smallest absolute Gasteiger partial charge is 1.00 e. The molecule has 0 saturated carbocycles. The Morgan fingerprint density at radius 3 is 1.94 bits per heavy atom. The molecule has 0 fully saturated rings. The van der Waals surface area contributed by atoms with E-state index in [9.17, 15) is 22.8 Å². The van der Waals surface area contributed by atoms with Gasteiger partial charge in [0.2, 0.25) is 0 Å². The van der Waals surface area contributed by atoms with Crippen molar-refractivity contribution in [1.82, 2.24) is 5.32 Å². The van der Waals surface area contributed by atoms with Crippen LogP contribution in [0.2, 0.25) is 0 Å². The van der Waals surface area contributed by atoms with Crippen molar-refractivity contribution in [1.29, 1.82) is 0 Å². The van der Waals surface area contributed by atoms with Crippen molar-refractivity contribution < 1.29 is 85.5 Å². The maximum Gasteiger partial charge on any atom is 1.00 e. The number of anilines is 1. The summed E-state index contributed by atoms with van der Waals surface area (Å²) in [5, 5.41) is 10.9. The summed E-state index contributed by atoms with van der Waals surface area (Å²) in [4.78, 5) is 34.6. The number of aliphatic carboxylic acids is 1. The zero-order chi connectivity index (χ0) is 22.5. The minimum atomic E-state index is -4.06. The van der Waals surface area contributed by atoms with Gasteiger partial charge in [0.05, 0.1) is 21.6 Å². The second-order valence-corrected chi connectivity index (χ2v) is 9.02. The Bertz CT molecular complexity index is 1080. The molecule has 0 radical (unpaired) electrons. The number of carbonyl (C=O) groups excluding carboxylic acids is 2. The van der Waals surface area contributed by atoms with E-state index in [0.717, 1.165) is 0 Å². The molecule has 2 aromatic carbocycles. The Hall–Kier alpha value is -2.56. The summed E-state index contributed by atoms with van der Waals surface area (Å²) in [6, 6.07) is 11.0. The number of benzene rings is 2. The van der Waals surface area contributed by atoms with Crippen LogP contribution in [-0.2, 0) is 19.6 Å². The minimum absolute atomic E-state index is 0. The molecule has 11 N–H and O–H groups in total. The SMILES string of the molecule is CC(C)(C)C(=O)Oc1ccc(S(=O)(=O)Nc2ccccc2C(=O)NCC(=O)O)cc1.O.O.O.O.[H-].[Na+]. The van der Waals surface area contributed by atoms with Crippen molar-refractivity contribution in [3.63, 3.8) is 0 Å². The van der Waals surface area contributed by atoms with Crippen molar-refractivity contribution in [3.8, 4) is 5.75 Å². The molecule has 2 aromatic rings. The molecular weight excluding hydrogens is 499 g/mol. The molecule has 0 spiro atoms. The molecule has 1 amide bonds. The first-order chi connectivity index (χ1) is 13.9. The van der Waals surface area contributed by atoms with Gasteiger partial charge < -0.3 is 38.5 Å². The normalized spacial score (nSPS) is 9.80. The number of rotatable bonds is 7. The van der Waals surface area contributed by atoms with Crippen molar-refractivity contribution in [2.45, 2.75) is 25.7 Å². The van der Waals surface area contributed by atoms with Crippen LogP contribution in [0.25, 0.3) is 0 Å². The van der Waals surface area contributed by atoms with Crippen LogP contribution >= 0.6 is 0 Å². The third kappa shape index (κ3) is 11.6. The molecule has 0 unspecified atom stereocenters. The van der Waals surface area contributed by atoms with Crippen LogP contribution in [-0.4, -0.2) is 59.8 Å². The molecule has 0 aromatic heterocycles. The van der Waals surface area contributed by atoms with Crippen molar-refractivity contribution in [2.75, 3.05) is 11.3 Å². The monoisotopic (exact) mass is 530 g/mol. The van der Waals surface area contributed by atoms with E-state index in [4.69, 9.17) is 9.84 Å². The quantitative estimate of drug-likeness (QED) is 0.181. The number of carbonyl (C=O) groups is 3. The zero-order valence-corrected chi connectivity index (χ0v) is 22.4. The molecule has 0 saturated heterocycles.